The second-order valence-corrected chi connectivity index (χ2v) is 5.10. The number of carbonyl (C=O) groups is 1. The van der Waals surface area contributed by atoms with Gasteiger partial charge in [0, 0.05) is 20.1 Å². The Hall–Kier alpha value is -1.26. The lowest BCUT2D eigenvalue weighted by atomic mass is 9.92. The van der Waals surface area contributed by atoms with E-state index in [1.54, 1.807) is 19.1 Å². The first kappa shape index (κ1) is 17.7. The summed E-state index contributed by atoms with van der Waals surface area (Å²) in [6.07, 6.45) is 0. The Labute approximate surface area is 121 Å². The Balaban J connectivity index is 0.00000324. The molecule has 0 heterocycles. The maximum absolute atomic E-state index is 12.2. The predicted octanol–water partition coefficient (Wildman–Crippen LogP) is 2.06. The molecule has 0 aliphatic heterocycles. The summed E-state index contributed by atoms with van der Waals surface area (Å²) in [5.74, 6) is 0.847. The second kappa shape index (κ2) is 7.36. The van der Waals surface area contributed by atoms with E-state index in [9.17, 15) is 4.79 Å². The highest BCUT2D eigenvalue weighted by Crippen LogP contribution is 2.19. The molecule has 1 aromatic rings. The van der Waals surface area contributed by atoms with Crippen molar-refractivity contribution >= 4 is 18.3 Å². The Bertz CT molecular complexity index is 422. The molecule has 0 saturated carbocycles. The molecular weight excluding hydrogens is 264 g/mol. The molecule has 0 atom stereocenters. The lowest BCUT2D eigenvalue weighted by Crippen LogP contribution is -2.42. The van der Waals surface area contributed by atoms with Gasteiger partial charge in [0.05, 0.1) is 12.5 Å². The van der Waals surface area contributed by atoms with Crippen LogP contribution in [-0.4, -0.2) is 31.5 Å². The summed E-state index contributed by atoms with van der Waals surface area (Å²) in [6.45, 7) is 4.61. The van der Waals surface area contributed by atoms with E-state index in [4.69, 9.17) is 10.5 Å². The molecule has 0 unspecified atom stereocenters. The van der Waals surface area contributed by atoms with Gasteiger partial charge < -0.3 is 15.4 Å². The van der Waals surface area contributed by atoms with E-state index in [1.165, 1.54) is 0 Å². The predicted molar refractivity (Wildman–Crippen MR) is 79.6 cm³/mol. The van der Waals surface area contributed by atoms with Gasteiger partial charge in [0.1, 0.15) is 5.75 Å². The van der Waals surface area contributed by atoms with E-state index >= 15 is 0 Å². The highest BCUT2D eigenvalue weighted by molar-refractivity contribution is 5.85. The van der Waals surface area contributed by atoms with Crippen LogP contribution in [0.15, 0.2) is 24.3 Å². The molecule has 0 fully saturated rings. The number of hydrogen-bond acceptors (Lipinski definition) is 3. The first-order chi connectivity index (χ1) is 8.40. The maximum Gasteiger partial charge on any atom is 0.229 e. The zero-order valence-corrected chi connectivity index (χ0v) is 12.8. The summed E-state index contributed by atoms with van der Waals surface area (Å²) in [4.78, 5) is 13.9. The average Bonchev–Trinajstić information content (AvgIpc) is 2.37. The van der Waals surface area contributed by atoms with Gasteiger partial charge in [-0.15, -0.1) is 12.4 Å². The molecule has 5 heteroatoms. The first-order valence-corrected chi connectivity index (χ1v) is 5.99. The summed E-state index contributed by atoms with van der Waals surface area (Å²) in [7, 11) is 3.42. The molecule has 19 heavy (non-hydrogen) atoms. The van der Waals surface area contributed by atoms with Crippen LogP contribution in [-0.2, 0) is 11.3 Å². The fourth-order valence-corrected chi connectivity index (χ4v) is 1.72. The number of nitrogens with zero attached hydrogens (tertiary/aromatic N) is 1. The maximum atomic E-state index is 12.2. The Morgan fingerprint density at radius 2 is 2.05 bits per heavy atom. The molecule has 4 nitrogen and oxygen atoms in total. The van der Waals surface area contributed by atoms with E-state index in [0.717, 1.165) is 11.3 Å². The van der Waals surface area contributed by atoms with Crippen molar-refractivity contribution in [2.75, 3.05) is 20.7 Å². The summed E-state index contributed by atoms with van der Waals surface area (Å²) in [5, 5.41) is 0. The van der Waals surface area contributed by atoms with Crippen LogP contribution in [0.4, 0.5) is 0 Å². The van der Waals surface area contributed by atoms with E-state index in [1.807, 2.05) is 38.1 Å². The Morgan fingerprint density at radius 3 is 2.58 bits per heavy atom. The SMILES string of the molecule is COc1cccc(CN(C)C(=O)C(C)(C)CN)c1.Cl. The number of rotatable bonds is 5. The Morgan fingerprint density at radius 1 is 1.42 bits per heavy atom. The van der Waals surface area contributed by atoms with Crippen molar-refractivity contribution in [1.82, 2.24) is 4.90 Å². The molecule has 0 aliphatic carbocycles. The minimum Gasteiger partial charge on any atom is -0.497 e. The number of ether oxygens (including phenoxy) is 1. The van der Waals surface area contributed by atoms with Crippen LogP contribution in [0.3, 0.4) is 0 Å². The molecular formula is C14H23ClN2O2. The summed E-state index contributed by atoms with van der Waals surface area (Å²) in [6, 6.07) is 7.71. The number of benzene rings is 1. The van der Waals surface area contributed by atoms with E-state index in [-0.39, 0.29) is 18.3 Å². The van der Waals surface area contributed by atoms with Crippen LogP contribution in [0.2, 0.25) is 0 Å². The topological polar surface area (TPSA) is 55.6 Å². The molecule has 1 rings (SSSR count). The highest BCUT2D eigenvalue weighted by Gasteiger charge is 2.28. The van der Waals surface area contributed by atoms with Gasteiger partial charge in [-0.05, 0) is 31.5 Å². The lowest BCUT2D eigenvalue weighted by molar-refractivity contribution is -0.139. The van der Waals surface area contributed by atoms with Gasteiger partial charge in [-0.25, -0.2) is 0 Å². The molecule has 1 amide bonds. The van der Waals surface area contributed by atoms with Gasteiger partial charge in [0.25, 0.3) is 0 Å². The first-order valence-electron chi connectivity index (χ1n) is 5.99. The standard InChI is InChI=1S/C14H22N2O2.ClH/c1-14(2,10-15)13(17)16(3)9-11-6-5-7-12(8-11)18-4;/h5-8H,9-10,15H2,1-4H3;1H. The summed E-state index contributed by atoms with van der Waals surface area (Å²) in [5.41, 5.74) is 6.14. The summed E-state index contributed by atoms with van der Waals surface area (Å²) >= 11 is 0. The molecule has 0 spiro atoms. The molecule has 108 valence electrons. The second-order valence-electron chi connectivity index (χ2n) is 5.10. The zero-order valence-electron chi connectivity index (χ0n) is 12.0. The third-order valence-electron chi connectivity index (χ3n) is 2.99. The fourth-order valence-electron chi connectivity index (χ4n) is 1.72. The Kier molecular flexibility index (Phi) is 6.87. The quantitative estimate of drug-likeness (QED) is 0.901. The van der Waals surface area contributed by atoms with Gasteiger partial charge in [0.15, 0.2) is 0 Å². The molecule has 1 aromatic carbocycles. The number of carbonyl (C=O) groups excluding carboxylic acids is 1. The van der Waals surface area contributed by atoms with Crippen LogP contribution < -0.4 is 10.5 Å². The lowest BCUT2D eigenvalue weighted by Gasteiger charge is -2.28. The van der Waals surface area contributed by atoms with Crippen molar-refractivity contribution in [2.45, 2.75) is 20.4 Å². The molecule has 0 saturated heterocycles. The van der Waals surface area contributed by atoms with Crippen molar-refractivity contribution in [3.05, 3.63) is 29.8 Å². The molecule has 0 aliphatic rings. The van der Waals surface area contributed by atoms with Gasteiger partial charge in [0.2, 0.25) is 5.91 Å². The number of amides is 1. The molecule has 0 bridgehead atoms. The van der Waals surface area contributed by atoms with Gasteiger partial charge in [-0.3, -0.25) is 4.79 Å². The van der Waals surface area contributed by atoms with Crippen LogP contribution in [0.5, 0.6) is 5.75 Å². The highest BCUT2D eigenvalue weighted by atomic mass is 35.5. The van der Waals surface area contributed by atoms with Crippen LogP contribution in [0.1, 0.15) is 19.4 Å². The van der Waals surface area contributed by atoms with Crippen molar-refractivity contribution in [2.24, 2.45) is 11.1 Å². The van der Waals surface area contributed by atoms with E-state index in [2.05, 4.69) is 0 Å². The number of methoxy groups -OCH3 is 1. The monoisotopic (exact) mass is 286 g/mol. The fraction of sp³-hybridized carbons (Fsp3) is 0.500. The summed E-state index contributed by atoms with van der Waals surface area (Å²) < 4.78 is 5.16. The number of hydrogen-bond donors (Lipinski definition) is 1. The largest absolute Gasteiger partial charge is 0.497 e. The molecule has 0 aromatic heterocycles. The zero-order chi connectivity index (χ0) is 13.8. The van der Waals surface area contributed by atoms with Crippen molar-refractivity contribution in [1.29, 1.82) is 0 Å². The van der Waals surface area contributed by atoms with Gasteiger partial charge in [-0.1, -0.05) is 12.1 Å². The normalized spacial score (nSPS) is 10.6. The minimum atomic E-state index is -0.520. The van der Waals surface area contributed by atoms with E-state index < -0.39 is 5.41 Å². The van der Waals surface area contributed by atoms with Crippen molar-refractivity contribution < 1.29 is 9.53 Å². The minimum absolute atomic E-state index is 0. The molecule has 2 N–H and O–H groups in total. The van der Waals surface area contributed by atoms with Crippen molar-refractivity contribution in [3.8, 4) is 5.75 Å². The third kappa shape index (κ3) is 4.73. The average molecular weight is 287 g/mol. The smallest absolute Gasteiger partial charge is 0.229 e. The van der Waals surface area contributed by atoms with E-state index in [0.29, 0.717) is 13.1 Å². The number of halogens is 1. The van der Waals surface area contributed by atoms with Gasteiger partial charge >= 0.3 is 0 Å². The number of nitrogens with two attached hydrogens (primary N) is 1. The van der Waals surface area contributed by atoms with Gasteiger partial charge in [-0.2, -0.15) is 0 Å². The van der Waals surface area contributed by atoms with Crippen LogP contribution in [0.25, 0.3) is 0 Å². The third-order valence-corrected chi connectivity index (χ3v) is 2.99. The van der Waals surface area contributed by atoms with Crippen molar-refractivity contribution in [3.63, 3.8) is 0 Å². The van der Waals surface area contributed by atoms with Crippen LogP contribution in [0, 0.1) is 5.41 Å². The molecule has 0 radical (unpaired) electrons. The van der Waals surface area contributed by atoms with Crippen LogP contribution >= 0.6 is 12.4 Å².